The van der Waals surface area contributed by atoms with Gasteiger partial charge in [-0.15, -0.1) is 0 Å². The summed E-state index contributed by atoms with van der Waals surface area (Å²) in [5.41, 5.74) is 1.36. The second kappa shape index (κ2) is 7.86. The molecule has 134 valence electrons. The van der Waals surface area contributed by atoms with Crippen LogP contribution in [-0.4, -0.2) is 20.5 Å². The highest BCUT2D eigenvalue weighted by molar-refractivity contribution is 7.89. The second-order valence-corrected chi connectivity index (χ2v) is 7.63. The van der Waals surface area contributed by atoms with Crippen LogP contribution < -0.4 is 9.46 Å². The lowest BCUT2D eigenvalue weighted by Gasteiger charge is -2.20. The Labute approximate surface area is 157 Å². The van der Waals surface area contributed by atoms with Gasteiger partial charge in [-0.3, -0.25) is 4.98 Å². The molecule has 1 N–H and O–H groups in total. The summed E-state index contributed by atoms with van der Waals surface area (Å²) in [7, 11) is -2.51. The van der Waals surface area contributed by atoms with Crippen molar-refractivity contribution >= 4 is 21.6 Å². The minimum Gasteiger partial charge on any atom is -0.495 e. The van der Waals surface area contributed by atoms with E-state index < -0.39 is 16.1 Å². The van der Waals surface area contributed by atoms with Crippen molar-refractivity contribution < 1.29 is 13.2 Å². The number of pyridine rings is 1. The first kappa shape index (κ1) is 18.4. The van der Waals surface area contributed by atoms with Gasteiger partial charge in [0.15, 0.2) is 0 Å². The predicted molar refractivity (Wildman–Crippen MR) is 101 cm³/mol. The number of ether oxygens (including phenoxy) is 1. The highest BCUT2D eigenvalue weighted by Gasteiger charge is 2.26. The molecule has 0 spiro atoms. The minimum absolute atomic E-state index is 0.0237. The first-order valence-corrected chi connectivity index (χ1v) is 9.69. The van der Waals surface area contributed by atoms with Crippen molar-refractivity contribution in [1.82, 2.24) is 9.71 Å². The van der Waals surface area contributed by atoms with E-state index in [1.807, 2.05) is 36.4 Å². The van der Waals surface area contributed by atoms with E-state index in [1.54, 1.807) is 24.4 Å². The lowest BCUT2D eigenvalue weighted by Crippen LogP contribution is -2.30. The fraction of sp³-hybridized carbons (Fsp3) is 0.105. The van der Waals surface area contributed by atoms with Crippen molar-refractivity contribution in [3.8, 4) is 5.75 Å². The Kier molecular flexibility index (Phi) is 5.56. The summed E-state index contributed by atoms with van der Waals surface area (Å²) in [6.07, 6.45) is 1.62. The van der Waals surface area contributed by atoms with Crippen LogP contribution in [0.25, 0.3) is 0 Å². The first-order valence-electron chi connectivity index (χ1n) is 7.83. The van der Waals surface area contributed by atoms with Gasteiger partial charge >= 0.3 is 0 Å². The van der Waals surface area contributed by atoms with E-state index in [9.17, 15) is 8.42 Å². The molecule has 1 atom stereocenters. The maximum absolute atomic E-state index is 13.0. The maximum Gasteiger partial charge on any atom is 0.245 e. The Morgan fingerprint density at radius 3 is 2.42 bits per heavy atom. The van der Waals surface area contributed by atoms with Gasteiger partial charge in [-0.05, 0) is 35.9 Å². The molecule has 3 rings (SSSR count). The summed E-state index contributed by atoms with van der Waals surface area (Å²) < 4.78 is 34.0. The van der Waals surface area contributed by atoms with Crippen LogP contribution in [0.15, 0.2) is 77.8 Å². The van der Waals surface area contributed by atoms with Gasteiger partial charge in [-0.25, -0.2) is 8.42 Å². The molecule has 0 amide bonds. The number of methoxy groups -OCH3 is 1. The molecule has 26 heavy (non-hydrogen) atoms. The third-order valence-corrected chi connectivity index (χ3v) is 5.48. The van der Waals surface area contributed by atoms with Crippen molar-refractivity contribution in [3.63, 3.8) is 0 Å². The van der Waals surface area contributed by atoms with Crippen LogP contribution >= 0.6 is 11.6 Å². The average Bonchev–Trinajstić information content (AvgIpc) is 2.67. The Balaban J connectivity index is 2.06. The SMILES string of the molecule is COc1ccc(Cl)cc1S(=O)(=O)NC(c1ccccc1)c1ccccn1. The van der Waals surface area contributed by atoms with Crippen LogP contribution in [0.1, 0.15) is 17.3 Å². The lowest BCUT2D eigenvalue weighted by atomic mass is 10.0. The highest BCUT2D eigenvalue weighted by Crippen LogP contribution is 2.29. The van der Waals surface area contributed by atoms with Crippen molar-refractivity contribution in [1.29, 1.82) is 0 Å². The van der Waals surface area contributed by atoms with Crippen molar-refractivity contribution in [3.05, 3.63) is 89.2 Å². The lowest BCUT2D eigenvalue weighted by molar-refractivity contribution is 0.402. The molecular weight excluding hydrogens is 372 g/mol. The molecule has 1 unspecified atom stereocenters. The molecule has 0 saturated carbocycles. The Morgan fingerprint density at radius 1 is 1.04 bits per heavy atom. The number of rotatable bonds is 6. The Bertz CT molecular complexity index is 941. The fourth-order valence-electron chi connectivity index (χ4n) is 2.57. The standard InChI is InChI=1S/C19H17ClN2O3S/c1-25-17-11-10-15(20)13-18(17)26(23,24)22-19(14-7-3-2-4-8-14)16-9-5-6-12-21-16/h2-13,19,22H,1H3. The summed E-state index contributed by atoms with van der Waals surface area (Å²) in [5.74, 6) is 0.217. The molecule has 0 bridgehead atoms. The van der Waals surface area contributed by atoms with Crippen LogP contribution in [0.3, 0.4) is 0 Å². The molecule has 2 aromatic carbocycles. The van der Waals surface area contributed by atoms with E-state index in [0.717, 1.165) is 5.56 Å². The summed E-state index contributed by atoms with van der Waals surface area (Å²) in [4.78, 5) is 4.29. The van der Waals surface area contributed by atoms with Gasteiger partial charge < -0.3 is 4.74 Å². The molecule has 0 saturated heterocycles. The number of sulfonamides is 1. The Hall–Kier alpha value is -2.41. The number of benzene rings is 2. The zero-order valence-corrected chi connectivity index (χ0v) is 15.5. The molecule has 5 nitrogen and oxygen atoms in total. The first-order chi connectivity index (χ1) is 12.5. The van der Waals surface area contributed by atoms with Gasteiger partial charge in [-0.2, -0.15) is 4.72 Å². The van der Waals surface area contributed by atoms with E-state index in [1.165, 1.54) is 19.2 Å². The zero-order chi connectivity index (χ0) is 18.6. The van der Waals surface area contributed by atoms with E-state index >= 15 is 0 Å². The zero-order valence-electron chi connectivity index (χ0n) is 14.0. The molecule has 3 aromatic rings. The molecular formula is C19H17ClN2O3S. The van der Waals surface area contributed by atoms with Crippen LogP contribution in [0.2, 0.25) is 5.02 Å². The number of hydrogen-bond acceptors (Lipinski definition) is 4. The highest BCUT2D eigenvalue weighted by atomic mass is 35.5. The number of nitrogens with one attached hydrogen (secondary N) is 1. The summed E-state index contributed by atoms with van der Waals surface area (Å²) in [6, 6.07) is 18.4. The van der Waals surface area contributed by atoms with E-state index in [0.29, 0.717) is 10.7 Å². The quantitative estimate of drug-likeness (QED) is 0.697. The second-order valence-electron chi connectivity index (χ2n) is 5.51. The van der Waals surface area contributed by atoms with Gasteiger partial charge in [0.05, 0.1) is 18.8 Å². The molecule has 1 aromatic heterocycles. The molecule has 0 aliphatic rings. The largest absolute Gasteiger partial charge is 0.495 e. The van der Waals surface area contributed by atoms with Crippen LogP contribution in [-0.2, 0) is 10.0 Å². The van der Waals surface area contributed by atoms with E-state index in [4.69, 9.17) is 16.3 Å². The van der Waals surface area contributed by atoms with E-state index in [-0.39, 0.29) is 10.6 Å². The normalized spacial score (nSPS) is 12.5. The summed E-state index contributed by atoms with van der Waals surface area (Å²) in [5, 5.41) is 0.306. The molecule has 1 heterocycles. The average molecular weight is 389 g/mol. The van der Waals surface area contributed by atoms with Gasteiger partial charge in [0.2, 0.25) is 10.0 Å². The number of halogens is 1. The number of aromatic nitrogens is 1. The predicted octanol–water partition coefficient (Wildman–Crippen LogP) is 3.81. The van der Waals surface area contributed by atoms with Crippen molar-refractivity contribution in [2.75, 3.05) is 7.11 Å². The molecule has 0 radical (unpaired) electrons. The summed E-state index contributed by atoms with van der Waals surface area (Å²) >= 11 is 5.99. The fourth-order valence-corrected chi connectivity index (χ4v) is 4.20. The summed E-state index contributed by atoms with van der Waals surface area (Å²) in [6.45, 7) is 0. The molecule has 0 aliphatic heterocycles. The van der Waals surface area contributed by atoms with E-state index in [2.05, 4.69) is 9.71 Å². The molecule has 7 heteroatoms. The monoisotopic (exact) mass is 388 g/mol. The number of nitrogens with zero attached hydrogens (tertiary/aromatic N) is 1. The van der Waals surface area contributed by atoms with Crippen LogP contribution in [0.4, 0.5) is 0 Å². The molecule has 0 aliphatic carbocycles. The van der Waals surface area contributed by atoms with Crippen LogP contribution in [0.5, 0.6) is 5.75 Å². The van der Waals surface area contributed by atoms with Gasteiger partial charge in [0, 0.05) is 11.2 Å². The van der Waals surface area contributed by atoms with Gasteiger partial charge in [0.25, 0.3) is 0 Å². The van der Waals surface area contributed by atoms with Crippen molar-refractivity contribution in [2.24, 2.45) is 0 Å². The minimum atomic E-state index is -3.92. The smallest absolute Gasteiger partial charge is 0.245 e. The number of hydrogen-bond donors (Lipinski definition) is 1. The van der Waals surface area contributed by atoms with Crippen molar-refractivity contribution in [2.45, 2.75) is 10.9 Å². The van der Waals surface area contributed by atoms with Gasteiger partial charge in [0.1, 0.15) is 10.6 Å². The Morgan fingerprint density at radius 2 is 1.77 bits per heavy atom. The van der Waals surface area contributed by atoms with Gasteiger partial charge in [-0.1, -0.05) is 48.0 Å². The topological polar surface area (TPSA) is 68.3 Å². The van der Waals surface area contributed by atoms with Crippen LogP contribution in [0, 0.1) is 0 Å². The molecule has 0 fully saturated rings. The maximum atomic E-state index is 13.0. The third-order valence-electron chi connectivity index (χ3n) is 3.80. The third kappa shape index (κ3) is 4.04.